The highest BCUT2D eigenvalue weighted by Gasteiger charge is 2.28. The SMILES string of the molecule is CCN(c1ccnc(-c2cnc3ccc(F)cn23)n1)C1CCCN(C(=O)O)C1. The molecular weight excluding hydrogens is 363 g/mol. The molecular formula is C19H21FN6O2. The van der Waals surface area contributed by atoms with Crippen molar-refractivity contribution in [3.63, 3.8) is 0 Å². The molecule has 8 nitrogen and oxygen atoms in total. The second kappa shape index (κ2) is 7.41. The van der Waals surface area contributed by atoms with Gasteiger partial charge in [-0.1, -0.05) is 0 Å². The number of nitrogens with zero attached hydrogens (tertiary/aromatic N) is 6. The first-order valence-corrected chi connectivity index (χ1v) is 9.27. The third kappa shape index (κ3) is 3.35. The van der Waals surface area contributed by atoms with Crippen molar-refractivity contribution in [2.45, 2.75) is 25.8 Å². The highest BCUT2D eigenvalue weighted by Crippen LogP contribution is 2.24. The minimum Gasteiger partial charge on any atom is -0.465 e. The minimum absolute atomic E-state index is 0.0530. The smallest absolute Gasteiger partial charge is 0.407 e. The van der Waals surface area contributed by atoms with Crippen molar-refractivity contribution in [1.82, 2.24) is 24.3 Å². The van der Waals surface area contributed by atoms with Gasteiger partial charge in [0.05, 0.1) is 6.20 Å². The summed E-state index contributed by atoms with van der Waals surface area (Å²) in [5.41, 5.74) is 1.21. The predicted octanol–water partition coefficient (Wildman–Crippen LogP) is 2.90. The van der Waals surface area contributed by atoms with Gasteiger partial charge in [0.2, 0.25) is 0 Å². The Morgan fingerprint density at radius 1 is 1.36 bits per heavy atom. The average molecular weight is 384 g/mol. The van der Waals surface area contributed by atoms with Crippen LogP contribution in [0.1, 0.15) is 19.8 Å². The van der Waals surface area contributed by atoms with Crippen molar-refractivity contribution in [3.8, 4) is 11.5 Å². The summed E-state index contributed by atoms with van der Waals surface area (Å²) >= 11 is 0. The van der Waals surface area contributed by atoms with Gasteiger partial charge in [-0.3, -0.25) is 4.40 Å². The molecule has 1 saturated heterocycles. The summed E-state index contributed by atoms with van der Waals surface area (Å²) in [6.07, 6.45) is 5.47. The van der Waals surface area contributed by atoms with Gasteiger partial charge < -0.3 is 14.9 Å². The molecule has 4 rings (SSSR count). The van der Waals surface area contributed by atoms with E-state index >= 15 is 0 Å². The number of imidazole rings is 1. The zero-order chi connectivity index (χ0) is 19.7. The van der Waals surface area contributed by atoms with E-state index in [1.165, 1.54) is 17.2 Å². The lowest BCUT2D eigenvalue weighted by Gasteiger charge is -2.38. The molecule has 1 aliphatic rings. The number of rotatable bonds is 4. The van der Waals surface area contributed by atoms with Crippen molar-refractivity contribution in [2.75, 3.05) is 24.5 Å². The van der Waals surface area contributed by atoms with Crippen molar-refractivity contribution >= 4 is 17.6 Å². The lowest BCUT2D eigenvalue weighted by molar-refractivity contribution is 0.130. The molecule has 0 radical (unpaired) electrons. The summed E-state index contributed by atoms with van der Waals surface area (Å²) in [7, 11) is 0. The molecule has 0 bridgehead atoms. The molecule has 0 spiro atoms. The monoisotopic (exact) mass is 384 g/mol. The van der Waals surface area contributed by atoms with E-state index in [-0.39, 0.29) is 11.9 Å². The van der Waals surface area contributed by atoms with Gasteiger partial charge in [-0.05, 0) is 38.0 Å². The summed E-state index contributed by atoms with van der Waals surface area (Å²) < 4.78 is 15.3. The van der Waals surface area contributed by atoms with Gasteiger partial charge in [-0.15, -0.1) is 0 Å². The van der Waals surface area contributed by atoms with Crippen LogP contribution in [-0.2, 0) is 0 Å². The lowest BCUT2D eigenvalue weighted by Crippen LogP contribution is -2.49. The number of carboxylic acid groups (broad SMARTS) is 1. The standard InChI is InChI=1S/C19H21FN6O2/c1-2-25(14-4-3-9-24(12-14)19(27)28)17-7-8-21-18(23-17)15-10-22-16-6-5-13(20)11-26(15)16/h5-8,10-11,14H,2-4,9,12H2,1H3,(H,27,28). The fraction of sp³-hybridized carbons (Fsp3) is 0.368. The maximum Gasteiger partial charge on any atom is 0.407 e. The largest absolute Gasteiger partial charge is 0.465 e. The summed E-state index contributed by atoms with van der Waals surface area (Å²) in [5, 5.41) is 9.31. The lowest BCUT2D eigenvalue weighted by atomic mass is 10.0. The van der Waals surface area contributed by atoms with Gasteiger partial charge in [0.15, 0.2) is 5.82 Å². The first-order valence-electron chi connectivity index (χ1n) is 9.27. The number of hydrogen-bond donors (Lipinski definition) is 1. The number of halogens is 1. The van der Waals surface area contributed by atoms with Gasteiger partial charge in [0.25, 0.3) is 0 Å². The van der Waals surface area contributed by atoms with Crippen LogP contribution in [0.25, 0.3) is 17.2 Å². The minimum atomic E-state index is -0.892. The Hall–Kier alpha value is -3.23. The Balaban J connectivity index is 1.67. The third-order valence-corrected chi connectivity index (χ3v) is 5.08. The fourth-order valence-corrected chi connectivity index (χ4v) is 3.74. The summed E-state index contributed by atoms with van der Waals surface area (Å²) in [5.74, 6) is 0.796. The molecule has 146 valence electrons. The number of hydrogen-bond acceptors (Lipinski definition) is 5. The van der Waals surface area contributed by atoms with E-state index in [1.54, 1.807) is 22.9 Å². The van der Waals surface area contributed by atoms with Crippen LogP contribution in [0.2, 0.25) is 0 Å². The zero-order valence-electron chi connectivity index (χ0n) is 15.5. The van der Waals surface area contributed by atoms with Gasteiger partial charge in [0, 0.05) is 38.1 Å². The van der Waals surface area contributed by atoms with E-state index in [4.69, 9.17) is 0 Å². The Morgan fingerprint density at radius 3 is 3.00 bits per heavy atom. The van der Waals surface area contributed by atoms with Crippen LogP contribution in [0.5, 0.6) is 0 Å². The number of carbonyl (C=O) groups is 1. The van der Waals surface area contributed by atoms with Gasteiger partial charge in [-0.2, -0.15) is 0 Å². The molecule has 1 fully saturated rings. The maximum absolute atomic E-state index is 13.7. The molecule has 0 aromatic carbocycles. The molecule has 1 N–H and O–H groups in total. The third-order valence-electron chi connectivity index (χ3n) is 5.08. The molecule has 3 aromatic rings. The number of likely N-dealkylation sites (N-methyl/N-ethyl adjacent to an activating group) is 1. The molecule has 1 atom stereocenters. The number of aromatic nitrogens is 4. The van der Waals surface area contributed by atoms with E-state index in [1.807, 2.05) is 13.0 Å². The van der Waals surface area contributed by atoms with Crippen LogP contribution in [-0.4, -0.2) is 61.1 Å². The number of likely N-dealkylation sites (tertiary alicyclic amines) is 1. The second-order valence-corrected chi connectivity index (χ2v) is 6.77. The number of pyridine rings is 1. The van der Waals surface area contributed by atoms with Crippen LogP contribution >= 0.6 is 0 Å². The van der Waals surface area contributed by atoms with Crippen LogP contribution < -0.4 is 4.90 Å². The molecule has 1 aliphatic heterocycles. The molecule has 28 heavy (non-hydrogen) atoms. The number of piperidine rings is 1. The van der Waals surface area contributed by atoms with Gasteiger partial charge >= 0.3 is 6.09 Å². The first kappa shape index (κ1) is 18.1. The highest BCUT2D eigenvalue weighted by molar-refractivity contribution is 5.65. The van der Waals surface area contributed by atoms with E-state index in [0.29, 0.717) is 36.8 Å². The number of amides is 1. The predicted molar refractivity (Wildman–Crippen MR) is 102 cm³/mol. The quantitative estimate of drug-likeness (QED) is 0.744. The van der Waals surface area contributed by atoms with Crippen molar-refractivity contribution < 1.29 is 14.3 Å². The van der Waals surface area contributed by atoms with E-state index < -0.39 is 6.09 Å². The molecule has 9 heteroatoms. The van der Waals surface area contributed by atoms with Crippen LogP contribution in [0, 0.1) is 5.82 Å². The second-order valence-electron chi connectivity index (χ2n) is 6.77. The van der Waals surface area contributed by atoms with E-state index in [0.717, 1.165) is 18.7 Å². The highest BCUT2D eigenvalue weighted by atomic mass is 19.1. The van der Waals surface area contributed by atoms with Crippen molar-refractivity contribution in [3.05, 3.63) is 42.6 Å². The average Bonchev–Trinajstić information content (AvgIpc) is 3.12. The molecule has 1 unspecified atom stereocenters. The number of fused-ring (bicyclic) bond motifs is 1. The summed E-state index contributed by atoms with van der Waals surface area (Å²) in [4.78, 5) is 28.2. The van der Waals surface area contributed by atoms with Crippen LogP contribution in [0.15, 0.2) is 36.8 Å². The number of anilines is 1. The molecule has 4 heterocycles. The summed E-state index contributed by atoms with van der Waals surface area (Å²) in [6.45, 7) is 3.72. The summed E-state index contributed by atoms with van der Waals surface area (Å²) in [6, 6.07) is 4.83. The first-order chi connectivity index (χ1) is 13.6. The fourth-order valence-electron chi connectivity index (χ4n) is 3.74. The normalized spacial score (nSPS) is 17.1. The molecule has 0 saturated carbocycles. The molecule has 0 aliphatic carbocycles. The van der Waals surface area contributed by atoms with Crippen LogP contribution in [0.3, 0.4) is 0 Å². The van der Waals surface area contributed by atoms with Crippen LogP contribution in [0.4, 0.5) is 15.0 Å². The van der Waals surface area contributed by atoms with Crippen molar-refractivity contribution in [2.24, 2.45) is 0 Å². The van der Waals surface area contributed by atoms with E-state index in [2.05, 4.69) is 19.9 Å². The van der Waals surface area contributed by atoms with Gasteiger partial charge in [-0.25, -0.2) is 24.1 Å². The Kier molecular flexibility index (Phi) is 4.81. The Labute approximate surface area is 161 Å². The topological polar surface area (TPSA) is 86.9 Å². The van der Waals surface area contributed by atoms with Gasteiger partial charge in [0.1, 0.15) is 23.0 Å². The molecule has 1 amide bonds. The van der Waals surface area contributed by atoms with Crippen molar-refractivity contribution in [1.29, 1.82) is 0 Å². The Bertz CT molecular complexity index is 1010. The molecule has 3 aromatic heterocycles. The van der Waals surface area contributed by atoms with E-state index in [9.17, 15) is 14.3 Å². The zero-order valence-corrected chi connectivity index (χ0v) is 15.5. The Morgan fingerprint density at radius 2 is 2.21 bits per heavy atom. The maximum atomic E-state index is 13.7.